The molecule has 0 aliphatic carbocycles. The molecule has 0 radical (unpaired) electrons. The molecule has 0 unspecified atom stereocenters. The molecule has 0 saturated carbocycles. The van der Waals surface area contributed by atoms with Crippen molar-refractivity contribution < 1.29 is 9.32 Å². The third kappa shape index (κ3) is 3.23. The Morgan fingerprint density at radius 2 is 2.12 bits per heavy atom. The number of benzene rings is 1. The fraction of sp³-hybridized carbons (Fsp3) is 0.222. The Balaban J connectivity index is 1.43. The summed E-state index contributed by atoms with van der Waals surface area (Å²) >= 11 is 1.54. The van der Waals surface area contributed by atoms with Crippen LogP contribution in [0.1, 0.15) is 18.6 Å². The number of carbonyl (C=O) groups excluding carboxylic acids is 1. The number of rotatable bonds is 6. The van der Waals surface area contributed by atoms with Crippen LogP contribution in [0.3, 0.4) is 0 Å². The third-order valence-corrected chi connectivity index (χ3v) is 4.86. The first-order valence-electron chi connectivity index (χ1n) is 8.32. The lowest BCUT2D eigenvalue weighted by atomic mass is 10.3. The van der Waals surface area contributed by atoms with Gasteiger partial charge in [-0.15, -0.1) is 11.3 Å². The average Bonchev–Trinajstić information content (AvgIpc) is 3.39. The number of carbonyl (C=O) groups is 1. The molecule has 3 heterocycles. The third-order valence-electron chi connectivity index (χ3n) is 4.00. The van der Waals surface area contributed by atoms with E-state index in [0.717, 1.165) is 28.2 Å². The minimum atomic E-state index is -0.126. The number of imidazole rings is 1. The van der Waals surface area contributed by atoms with Gasteiger partial charge in [-0.3, -0.25) is 4.79 Å². The van der Waals surface area contributed by atoms with Crippen molar-refractivity contribution in [2.45, 2.75) is 26.4 Å². The summed E-state index contributed by atoms with van der Waals surface area (Å²) < 4.78 is 7.14. The highest BCUT2D eigenvalue weighted by atomic mass is 32.1. The zero-order chi connectivity index (χ0) is 17.9. The number of nitrogens with zero attached hydrogens (tertiary/aromatic N) is 4. The highest BCUT2D eigenvalue weighted by molar-refractivity contribution is 7.13. The van der Waals surface area contributed by atoms with Gasteiger partial charge in [-0.25, -0.2) is 4.98 Å². The summed E-state index contributed by atoms with van der Waals surface area (Å²) in [6.45, 7) is 2.43. The largest absolute Gasteiger partial charge is 0.345 e. The van der Waals surface area contributed by atoms with E-state index in [-0.39, 0.29) is 19.0 Å². The predicted molar refractivity (Wildman–Crippen MR) is 98.6 cm³/mol. The number of para-hydroxylation sites is 2. The summed E-state index contributed by atoms with van der Waals surface area (Å²) in [5, 5.41) is 8.72. The Morgan fingerprint density at radius 3 is 2.92 bits per heavy atom. The molecule has 1 N–H and O–H groups in total. The van der Waals surface area contributed by atoms with Crippen molar-refractivity contribution in [2.75, 3.05) is 0 Å². The van der Waals surface area contributed by atoms with Gasteiger partial charge >= 0.3 is 0 Å². The lowest BCUT2D eigenvalue weighted by Crippen LogP contribution is -2.27. The average molecular weight is 367 g/mol. The van der Waals surface area contributed by atoms with Gasteiger partial charge in [0.2, 0.25) is 17.6 Å². The maximum atomic E-state index is 12.4. The number of thiophene rings is 1. The summed E-state index contributed by atoms with van der Waals surface area (Å²) in [6.07, 6.45) is 0.760. The lowest BCUT2D eigenvalue weighted by Gasteiger charge is -2.08. The number of aromatic nitrogens is 4. The molecule has 3 aromatic heterocycles. The van der Waals surface area contributed by atoms with E-state index in [1.165, 1.54) is 11.3 Å². The number of hydrogen-bond donors (Lipinski definition) is 1. The Kier molecular flexibility index (Phi) is 4.49. The van der Waals surface area contributed by atoms with Crippen molar-refractivity contribution in [3.63, 3.8) is 0 Å². The van der Waals surface area contributed by atoms with Crippen molar-refractivity contribution >= 4 is 28.3 Å². The molecule has 0 spiro atoms. The summed E-state index contributed by atoms with van der Waals surface area (Å²) in [6, 6.07) is 11.7. The second-order valence-electron chi connectivity index (χ2n) is 5.72. The molecule has 26 heavy (non-hydrogen) atoms. The quantitative estimate of drug-likeness (QED) is 0.566. The Hall–Kier alpha value is -3.00. The van der Waals surface area contributed by atoms with Gasteiger partial charge in [-0.1, -0.05) is 30.3 Å². The van der Waals surface area contributed by atoms with E-state index in [2.05, 4.69) is 20.4 Å². The van der Waals surface area contributed by atoms with Crippen LogP contribution in [0, 0.1) is 0 Å². The van der Waals surface area contributed by atoms with E-state index in [0.29, 0.717) is 11.7 Å². The monoisotopic (exact) mass is 367 g/mol. The number of hydrogen-bond acceptors (Lipinski definition) is 6. The zero-order valence-electron chi connectivity index (χ0n) is 14.2. The Bertz CT molecular complexity index is 1040. The van der Waals surface area contributed by atoms with Crippen molar-refractivity contribution in [2.24, 2.45) is 0 Å². The van der Waals surface area contributed by atoms with Gasteiger partial charge in [0.1, 0.15) is 12.4 Å². The van der Waals surface area contributed by atoms with Crippen LogP contribution in [0.2, 0.25) is 0 Å². The van der Waals surface area contributed by atoms with E-state index >= 15 is 0 Å². The summed E-state index contributed by atoms with van der Waals surface area (Å²) in [4.78, 5) is 22.2. The molecule has 7 nitrogen and oxygen atoms in total. The molecule has 4 rings (SSSR count). The van der Waals surface area contributed by atoms with Crippen LogP contribution in [-0.2, 0) is 24.3 Å². The maximum absolute atomic E-state index is 12.4. The molecule has 0 saturated heterocycles. The van der Waals surface area contributed by atoms with Crippen molar-refractivity contribution in [1.82, 2.24) is 25.0 Å². The van der Waals surface area contributed by atoms with Gasteiger partial charge in [0, 0.05) is 6.42 Å². The minimum absolute atomic E-state index is 0.126. The van der Waals surface area contributed by atoms with Gasteiger partial charge in [-0.05, 0) is 23.6 Å². The number of aryl methyl sites for hydroxylation is 1. The molecule has 0 bridgehead atoms. The SMILES string of the molecule is CCc1nc2ccccc2n1CC(=O)NCc1nc(-c2cccs2)no1. The van der Waals surface area contributed by atoms with E-state index in [1.807, 2.05) is 53.3 Å². The van der Waals surface area contributed by atoms with Gasteiger partial charge in [0.25, 0.3) is 0 Å². The maximum Gasteiger partial charge on any atom is 0.246 e. The summed E-state index contributed by atoms with van der Waals surface area (Å²) in [5.41, 5.74) is 1.85. The second kappa shape index (κ2) is 7.09. The lowest BCUT2D eigenvalue weighted by molar-refractivity contribution is -0.121. The van der Waals surface area contributed by atoms with E-state index < -0.39 is 0 Å². The fourth-order valence-electron chi connectivity index (χ4n) is 2.78. The molecule has 0 atom stereocenters. The molecule has 132 valence electrons. The highest BCUT2D eigenvalue weighted by Crippen LogP contribution is 2.21. The first kappa shape index (κ1) is 16.5. The van der Waals surface area contributed by atoms with Crippen LogP contribution in [0.25, 0.3) is 21.7 Å². The number of fused-ring (bicyclic) bond motifs is 1. The number of amides is 1. The van der Waals surface area contributed by atoms with Gasteiger partial charge in [-0.2, -0.15) is 4.98 Å². The van der Waals surface area contributed by atoms with Crippen LogP contribution >= 0.6 is 11.3 Å². The van der Waals surface area contributed by atoms with Crippen LogP contribution in [0.15, 0.2) is 46.3 Å². The standard InChI is InChI=1S/C18H17N5O2S/c1-2-15-20-12-6-3-4-7-13(12)23(15)11-16(24)19-10-17-21-18(22-25-17)14-8-5-9-26-14/h3-9H,2,10-11H2,1H3,(H,19,24). The van der Waals surface area contributed by atoms with Crippen LogP contribution in [0.5, 0.6) is 0 Å². The van der Waals surface area contributed by atoms with Gasteiger partial charge < -0.3 is 14.4 Å². The summed E-state index contributed by atoms with van der Waals surface area (Å²) in [5.74, 6) is 1.68. The molecule has 1 amide bonds. The smallest absolute Gasteiger partial charge is 0.246 e. The Morgan fingerprint density at radius 1 is 1.23 bits per heavy atom. The van der Waals surface area contributed by atoms with E-state index in [9.17, 15) is 4.79 Å². The summed E-state index contributed by atoms with van der Waals surface area (Å²) in [7, 11) is 0. The van der Waals surface area contributed by atoms with Crippen LogP contribution < -0.4 is 5.32 Å². The zero-order valence-corrected chi connectivity index (χ0v) is 15.0. The van der Waals surface area contributed by atoms with Gasteiger partial charge in [0.05, 0.1) is 22.5 Å². The van der Waals surface area contributed by atoms with E-state index in [4.69, 9.17) is 4.52 Å². The van der Waals surface area contributed by atoms with Crippen molar-refractivity contribution in [3.05, 3.63) is 53.5 Å². The molecule has 0 fully saturated rings. The molecule has 4 aromatic rings. The first-order chi connectivity index (χ1) is 12.7. The van der Waals surface area contributed by atoms with Crippen molar-refractivity contribution in [3.8, 4) is 10.7 Å². The molecule has 8 heteroatoms. The number of nitrogens with one attached hydrogen (secondary N) is 1. The molecule has 0 aliphatic rings. The molecular formula is C18H17N5O2S. The first-order valence-corrected chi connectivity index (χ1v) is 9.20. The topological polar surface area (TPSA) is 85.8 Å². The fourth-order valence-corrected chi connectivity index (χ4v) is 3.43. The normalized spacial score (nSPS) is 11.1. The minimum Gasteiger partial charge on any atom is -0.345 e. The highest BCUT2D eigenvalue weighted by Gasteiger charge is 2.14. The van der Waals surface area contributed by atoms with Crippen molar-refractivity contribution in [1.29, 1.82) is 0 Å². The van der Waals surface area contributed by atoms with E-state index in [1.54, 1.807) is 0 Å². The van der Waals surface area contributed by atoms with Crippen LogP contribution in [-0.4, -0.2) is 25.6 Å². The molecule has 1 aromatic carbocycles. The molecular weight excluding hydrogens is 350 g/mol. The Labute approximate surface area is 153 Å². The van der Waals surface area contributed by atoms with Gasteiger partial charge in [0.15, 0.2) is 0 Å². The van der Waals surface area contributed by atoms with Crippen LogP contribution in [0.4, 0.5) is 0 Å². The predicted octanol–water partition coefficient (Wildman–Crippen LogP) is 3.03. The molecule has 0 aliphatic heterocycles. The second-order valence-corrected chi connectivity index (χ2v) is 6.67.